The smallest absolute Gasteiger partial charge is 0.335 e. The summed E-state index contributed by atoms with van der Waals surface area (Å²) in [7, 11) is 0. The maximum Gasteiger partial charge on any atom is 0.335 e. The lowest BCUT2D eigenvalue weighted by Gasteiger charge is -2.18. The average Bonchev–Trinajstić information content (AvgIpc) is 2.28. The third kappa shape index (κ3) is 6.88. The van der Waals surface area contributed by atoms with Crippen LogP contribution in [0.15, 0.2) is 0 Å². The zero-order valence-electron chi connectivity index (χ0n) is 9.67. The summed E-state index contributed by atoms with van der Waals surface area (Å²) >= 11 is 0. The first-order chi connectivity index (χ1) is 7.86. The van der Waals surface area contributed by atoms with Crippen molar-refractivity contribution in [2.75, 3.05) is 6.54 Å². The van der Waals surface area contributed by atoms with E-state index in [0.29, 0.717) is 0 Å². The van der Waals surface area contributed by atoms with Crippen molar-refractivity contribution in [2.24, 2.45) is 0 Å². The van der Waals surface area contributed by atoms with Crippen LogP contribution >= 0.6 is 0 Å². The van der Waals surface area contributed by atoms with Crippen molar-refractivity contribution in [1.82, 2.24) is 5.32 Å². The van der Waals surface area contributed by atoms with Crippen LogP contribution in [-0.2, 0) is 9.59 Å². The van der Waals surface area contributed by atoms with Crippen LogP contribution in [0, 0.1) is 0 Å². The van der Waals surface area contributed by atoms with Gasteiger partial charge in [-0.2, -0.15) is 0 Å². The summed E-state index contributed by atoms with van der Waals surface area (Å²) in [5.41, 5.74) is 0. The Bertz CT molecular complexity index is 233. The van der Waals surface area contributed by atoms with E-state index in [1.54, 1.807) is 0 Å². The number of aliphatic carboxylic acids is 2. The van der Waals surface area contributed by atoms with E-state index < -0.39 is 24.1 Å². The van der Waals surface area contributed by atoms with E-state index in [-0.39, 0.29) is 0 Å². The predicted molar refractivity (Wildman–Crippen MR) is 58.6 cm³/mol. The highest BCUT2D eigenvalue weighted by molar-refractivity contribution is 5.83. The fraction of sp³-hybridized carbons (Fsp3) is 0.800. The summed E-state index contributed by atoms with van der Waals surface area (Å²) in [6.07, 6.45) is -0.353. The number of nitrogens with one attached hydrogen (secondary N) is 1. The van der Waals surface area contributed by atoms with Crippen molar-refractivity contribution >= 4 is 11.9 Å². The first-order valence-corrected chi connectivity index (χ1v) is 5.41. The Balaban J connectivity index is 0.000000318. The van der Waals surface area contributed by atoms with E-state index in [1.807, 2.05) is 0 Å². The van der Waals surface area contributed by atoms with Crippen LogP contribution in [-0.4, -0.2) is 57.2 Å². The summed E-state index contributed by atoms with van der Waals surface area (Å²) in [4.78, 5) is 19.5. The molecular weight excluding hydrogens is 230 g/mol. The SMILES string of the molecule is C[C@H]1CCCCN1.O=C(O)[C@H](O)[C@@H](O)C(=O)O. The van der Waals surface area contributed by atoms with Gasteiger partial charge in [0.15, 0.2) is 12.2 Å². The van der Waals surface area contributed by atoms with E-state index in [0.717, 1.165) is 6.04 Å². The number of rotatable bonds is 3. The van der Waals surface area contributed by atoms with E-state index in [2.05, 4.69) is 12.2 Å². The van der Waals surface area contributed by atoms with Gasteiger partial charge < -0.3 is 25.7 Å². The first-order valence-electron chi connectivity index (χ1n) is 5.41. The van der Waals surface area contributed by atoms with E-state index in [9.17, 15) is 9.59 Å². The van der Waals surface area contributed by atoms with Crippen LogP contribution in [0.1, 0.15) is 26.2 Å². The molecule has 1 fully saturated rings. The van der Waals surface area contributed by atoms with Crippen molar-refractivity contribution in [3.8, 4) is 0 Å². The molecule has 3 atom stereocenters. The molecule has 7 nitrogen and oxygen atoms in total. The number of carboxylic acid groups (broad SMARTS) is 2. The molecule has 0 aromatic heterocycles. The van der Waals surface area contributed by atoms with Gasteiger partial charge in [0.2, 0.25) is 0 Å². The number of piperidine rings is 1. The number of aliphatic hydroxyl groups is 2. The van der Waals surface area contributed by atoms with Crippen molar-refractivity contribution in [3.63, 3.8) is 0 Å². The number of carboxylic acids is 2. The van der Waals surface area contributed by atoms with Gasteiger partial charge in [-0.1, -0.05) is 6.42 Å². The molecule has 1 rings (SSSR count). The van der Waals surface area contributed by atoms with Gasteiger partial charge in [0.25, 0.3) is 0 Å². The monoisotopic (exact) mass is 249 g/mol. The molecule has 17 heavy (non-hydrogen) atoms. The van der Waals surface area contributed by atoms with E-state index in [1.165, 1.54) is 25.8 Å². The Kier molecular flexibility index (Phi) is 7.44. The van der Waals surface area contributed by atoms with Crippen molar-refractivity contribution in [3.05, 3.63) is 0 Å². The molecule has 0 aliphatic carbocycles. The maximum absolute atomic E-state index is 9.77. The maximum atomic E-state index is 9.77. The summed E-state index contributed by atoms with van der Waals surface area (Å²) in [5, 5.41) is 35.9. The summed E-state index contributed by atoms with van der Waals surface area (Å²) < 4.78 is 0. The van der Waals surface area contributed by atoms with E-state index >= 15 is 0 Å². The molecule has 0 bridgehead atoms. The molecule has 1 aliphatic rings. The van der Waals surface area contributed by atoms with Gasteiger partial charge in [-0.15, -0.1) is 0 Å². The molecule has 0 saturated carbocycles. The lowest BCUT2D eigenvalue weighted by atomic mass is 10.1. The van der Waals surface area contributed by atoms with Crippen molar-refractivity contribution in [2.45, 2.75) is 44.4 Å². The lowest BCUT2D eigenvalue weighted by molar-refractivity contribution is -0.165. The molecular formula is C10H19NO6. The topological polar surface area (TPSA) is 127 Å². The zero-order chi connectivity index (χ0) is 13.4. The van der Waals surface area contributed by atoms with Crippen LogP contribution in [0.25, 0.3) is 0 Å². The van der Waals surface area contributed by atoms with Crippen LogP contribution in [0.3, 0.4) is 0 Å². The largest absolute Gasteiger partial charge is 0.479 e. The Morgan fingerprint density at radius 3 is 1.76 bits per heavy atom. The first kappa shape index (κ1) is 15.8. The molecule has 0 spiro atoms. The number of hydrogen-bond donors (Lipinski definition) is 5. The number of aliphatic hydroxyl groups excluding tert-OH is 2. The van der Waals surface area contributed by atoms with E-state index in [4.69, 9.17) is 20.4 Å². The molecule has 0 aromatic rings. The molecule has 1 saturated heterocycles. The van der Waals surface area contributed by atoms with Gasteiger partial charge in [-0.3, -0.25) is 0 Å². The van der Waals surface area contributed by atoms with Gasteiger partial charge in [0, 0.05) is 6.04 Å². The van der Waals surface area contributed by atoms with Crippen molar-refractivity contribution < 1.29 is 30.0 Å². The second-order valence-electron chi connectivity index (χ2n) is 3.92. The van der Waals surface area contributed by atoms with Crippen LogP contribution in [0.4, 0.5) is 0 Å². The van der Waals surface area contributed by atoms with Gasteiger partial charge in [-0.05, 0) is 26.3 Å². The minimum atomic E-state index is -2.27. The molecule has 5 N–H and O–H groups in total. The molecule has 100 valence electrons. The number of carbonyl (C=O) groups is 2. The number of hydrogen-bond acceptors (Lipinski definition) is 5. The Morgan fingerprint density at radius 2 is 1.59 bits per heavy atom. The van der Waals surface area contributed by atoms with Crippen LogP contribution < -0.4 is 5.32 Å². The summed E-state index contributed by atoms with van der Waals surface area (Å²) in [6, 6.07) is 0.786. The minimum Gasteiger partial charge on any atom is -0.479 e. The third-order valence-corrected chi connectivity index (χ3v) is 2.36. The quantitative estimate of drug-likeness (QED) is 0.435. The third-order valence-electron chi connectivity index (χ3n) is 2.36. The van der Waals surface area contributed by atoms with Crippen LogP contribution in [0.5, 0.6) is 0 Å². The van der Waals surface area contributed by atoms with Gasteiger partial charge in [0.1, 0.15) is 0 Å². The lowest BCUT2D eigenvalue weighted by Crippen LogP contribution is -2.39. The minimum absolute atomic E-state index is 0.786. The molecule has 7 heteroatoms. The molecule has 0 unspecified atom stereocenters. The molecule has 1 aliphatic heterocycles. The standard InChI is InChI=1S/C6H13N.C4H6O6/c1-6-4-2-3-5-7-6;5-1(3(7)8)2(6)4(9)10/h6-7H,2-5H2,1H3;1-2,5-6H,(H,7,8)(H,9,10)/t6-;1-,2-/m01/s1. The second kappa shape index (κ2) is 7.99. The Labute approximate surface area is 99.1 Å². The van der Waals surface area contributed by atoms with Gasteiger partial charge >= 0.3 is 11.9 Å². The van der Waals surface area contributed by atoms with Crippen LogP contribution in [0.2, 0.25) is 0 Å². The predicted octanol–water partition coefficient (Wildman–Crippen LogP) is -0.974. The average molecular weight is 249 g/mol. The molecule has 0 amide bonds. The Morgan fingerprint density at radius 1 is 1.12 bits per heavy atom. The highest BCUT2D eigenvalue weighted by Crippen LogP contribution is 2.04. The van der Waals surface area contributed by atoms with Gasteiger partial charge in [-0.25, -0.2) is 9.59 Å². The summed E-state index contributed by atoms with van der Waals surface area (Å²) in [6.45, 7) is 3.49. The highest BCUT2D eigenvalue weighted by atomic mass is 16.4. The summed E-state index contributed by atoms with van der Waals surface area (Å²) in [5.74, 6) is -3.54. The van der Waals surface area contributed by atoms with Gasteiger partial charge in [0.05, 0.1) is 0 Å². The normalized spacial score (nSPS) is 22.9. The second-order valence-corrected chi connectivity index (χ2v) is 3.92. The molecule has 1 heterocycles. The molecule has 0 aromatic carbocycles. The molecule has 0 radical (unpaired) electrons. The Hall–Kier alpha value is -1.18. The van der Waals surface area contributed by atoms with Crippen molar-refractivity contribution in [1.29, 1.82) is 0 Å². The highest BCUT2D eigenvalue weighted by Gasteiger charge is 2.29. The zero-order valence-corrected chi connectivity index (χ0v) is 9.67. The fourth-order valence-corrected chi connectivity index (χ4v) is 1.30. The fourth-order valence-electron chi connectivity index (χ4n) is 1.30.